The quantitative estimate of drug-likeness (QED) is 0.761. The number of carbonyl (C=O) groups excluding carboxylic acids is 1. The molecule has 1 heterocycles. The second kappa shape index (κ2) is 5.69. The van der Waals surface area contributed by atoms with Crippen molar-refractivity contribution in [1.82, 2.24) is 14.9 Å². The first kappa shape index (κ1) is 16.3. The van der Waals surface area contributed by atoms with E-state index in [2.05, 4.69) is 10.3 Å². The molecule has 3 aromatic rings. The van der Waals surface area contributed by atoms with Gasteiger partial charge in [-0.1, -0.05) is 6.07 Å². The molecule has 1 aliphatic rings. The van der Waals surface area contributed by atoms with E-state index in [9.17, 15) is 14.7 Å². The number of aromatic hydroxyl groups is 1. The largest absolute Gasteiger partial charge is 0.508 e. The number of phenols is 1. The van der Waals surface area contributed by atoms with Gasteiger partial charge in [0.15, 0.2) is 0 Å². The molecule has 0 atom stereocenters. The first-order valence-electron chi connectivity index (χ1n) is 8.50. The Bertz CT molecular complexity index is 1100. The van der Waals surface area contributed by atoms with Crippen molar-refractivity contribution < 1.29 is 9.90 Å². The average molecular weight is 349 g/mol. The lowest BCUT2D eigenvalue weighted by molar-refractivity contribution is 0.0935. The van der Waals surface area contributed by atoms with E-state index >= 15 is 0 Å². The monoisotopic (exact) mass is 349 g/mol. The van der Waals surface area contributed by atoms with Crippen LogP contribution in [0.5, 0.6) is 5.75 Å². The van der Waals surface area contributed by atoms with Gasteiger partial charge in [-0.3, -0.25) is 14.2 Å². The summed E-state index contributed by atoms with van der Waals surface area (Å²) in [5.74, 6) is -0.207. The number of benzene rings is 2. The standard InChI is InChI=1S/C20H19N3O3/c1-12-3-5-14(18(25)22-20(2)7-8-20)17(9-12)23-11-21-16-6-4-13(24)10-15(16)19(23)26/h3-6,9-11,24H,7-8H2,1-2H3,(H,22,25). The predicted octanol–water partition coefficient (Wildman–Crippen LogP) is 2.68. The first-order valence-corrected chi connectivity index (χ1v) is 8.50. The number of aryl methyl sites for hydroxylation is 1. The number of phenolic OH excluding ortho intramolecular Hbond substituents is 1. The molecule has 132 valence electrons. The Hall–Kier alpha value is -3.15. The van der Waals surface area contributed by atoms with Crippen molar-refractivity contribution in [1.29, 1.82) is 0 Å². The molecular weight excluding hydrogens is 330 g/mol. The third-order valence-electron chi connectivity index (χ3n) is 4.81. The summed E-state index contributed by atoms with van der Waals surface area (Å²) in [6.45, 7) is 3.91. The maximum absolute atomic E-state index is 12.9. The summed E-state index contributed by atoms with van der Waals surface area (Å²) in [4.78, 5) is 30.0. The van der Waals surface area contributed by atoms with Gasteiger partial charge in [-0.25, -0.2) is 4.98 Å². The molecule has 2 N–H and O–H groups in total. The minimum atomic E-state index is -0.330. The minimum Gasteiger partial charge on any atom is -0.508 e. The normalized spacial score (nSPS) is 15.0. The molecule has 26 heavy (non-hydrogen) atoms. The highest BCUT2D eigenvalue weighted by Gasteiger charge is 2.39. The van der Waals surface area contributed by atoms with Gasteiger partial charge in [0.05, 0.1) is 22.2 Å². The van der Waals surface area contributed by atoms with Crippen molar-refractivity contribution in [2.24, 2.45) is 0 Å². The smallest absolute Gasteiger partial charge is 0.265 e. The Labute approximate surface area is 150 Å². The molecule has 0 aliphatic heterocycles. The molecule has 6 heteroatoms. The highest BCUT2D eigenvalue weighted by atomic mass is 16.3. The number of hydrogen-bond donors (Lipinski definition) is 2. The number of amides is 1. The fourth-order valence-electron chi connectivity index (χ4n) is 2.97. The summed E-state index contributed by atoms with van der Waals surface area (Å²) in [6, 6.07) is 9.84. The fourth-order valence-corrected chi connectivity index (χ4v) is 2.97. The molecular formula is C20H19N3O3. The van der Waals surface area contributed by atoms with Gasteiger partial charge in [-0.05, 0) is 62.6 Å². The van der Waals surface area contributed by atoms with Gasteiger partial charge < -0.3 is 10.4 Å². The second-order valence-electron chi connectivity index (χ2n) is 7.16. The highest BCUT2D eigenvalue weighted by molar-refractivity contribution is 5.98. The van der Waals surface area contributed by atoms with Crippen molar-refractivity contribution in [3.8, 4) is 11.4 Å². The van der Waals surface area contributed by atoms with Crippen LogP contribution in [0.3, 0.4) is 0 Å². The number of carbonyl (C=O) groups is 1. The lowest BCUT2D eigenvalue weighted by Gasteiger charge is -2.16. The zero-order chi connectivity index (χ0) is 18.5. The van der Waals surface area contributed by atoms with E-state index in [1.54, 1.807) is 18.2 Å². The number of fused-ring (bicyclic) bond motifs is 1. The van der Waals surface area contributed by atoms with Gasteiger partial charge in [0.2, 0.25) is 0 Å². The van der Waals surface area contributed by atoms with Crippen LogP contribution in [0.15, 0.2) is 47.5 Å². The van der Waals surface area contributed by atoms with E-state index in [-0.39, 0.29) is 22.8 Å². The van der Waals surface area contributed by atoms with Crippen LogP contribution < -0.4 is 10.9 Å². The van der Waals surface area contributed by atoms with Crippen LogP contribution in [0.4, 0.5) is 0 Å². The Balaban J connectivity index is 1.88. The maximum atomic E-state index is 12.9. The van der Waals surface area contributed by atoms with Crippen LogP contribution in [0, 0.1) is 6.92 Å². The van der Waals surface area contributed by atoms with E-state index in [0.29, 0.717) is 22.2 Å². The summed E-state index contributed by atoms with van der Waals surface area (Å²) in [5.41, 5.74) is 1.84. The summed E-state index contributed by atoms with van der Waals surface area (Å²) >= 11 is 0. The number of hydrogen-bond acceptors (Lipinski definition) is 4. The lowest BCUT2D eigenvalue weighted by atomic mass is 10.1. The van der Waals surface area contributed by atoms with E-state index in [4.69, 9.17) is 0 Å². The third kappa shape index (κ3) is 2.83. The number of nitrogens with one attached hydrogen (secondary N) is 1. The van der Waals surface area contributed by atoms with E-state index in [1.807, 2.05) is 19.9 Å². The summed E-state index contributed by atoms with van der Waals surface area (Å²) < 4.78 is 1.36. The Morgan fingerprint density at radius 3 is 2.73 bits per heavy atom. The molecule has 0 radical (unpaired) electrons. The molecule has 0 spiro atoms. The SMILES string of the molecule is Cc1ccc(C(=O)NC2(C)CC2)c(-n2cnc3ccc(O)cc3c2=O)c1. The van der Waals surface area contributed by atoms with Crippen molar-refractivity contribution in [3.63, 3.8) is 0 Å². The van der Waals surface area contributed by atoms with Crippen molar-refractivity contribution >= 4 is 16.8 Å². The van der Waals surface area contributed by atoms with Crippen LogP contribution in [0.1, 0.15) is 35.7 Å². The summed E-state index contributed by atoms with van der Waals surface area (Å²) in [7, 11) is 0. The molecule has 2 aromatic carbocycles. The average Bonchev–Trinajstić information content (AvgIpc) is 3.32. The molecule has 0 saturated heterocycles. The Morgan fingerprint density at radius 1 is 1.23 bits per heavy atom. The maximum Gasteiger partial charge on any atom is 0.265 e. The van der Waals surface area contributed by atoms with Crippen LogP contribution in [0.2, 0.25) is 0 Å². The van der Waals surface area contributed by atoms with E-state index < -0.39 is 0 Å². The van der Waals surface area contributed by atoms with Crippen molar-refractivity contribution in [2.75, 3.05) is 0 Å². The van der Waals surface area contributed by atoms with Crippen LogP contribution in [-0.4, -0.2) is 26.1 Å². The minimum absolute atomic E-state index is 0.00184. The predicted molar refractivity (Wildman–Crippen MR) is 98.8 cm³/mol. The van der Waals surface area contributed by atoms with Gasteiger partial charge in [-0.15, -0.1) is 0 Å². The molecule has 0 bridgehead atoms. The molecule has 1 aromatic heterocycles. The molecule has 1 amide bonds. The highest BCUT2D eigenvalue weighted by Crippen LogP contribution is 2.34. The van der Waals surface area contributed by atoms with E-state index in [1.165, 1.54) is 23.0 Å². The molecule has 0 unspecified atom stereocenters. The molecule has 1 saturated carbocycles. The number of rotatable bonds is 3. The summed E-state index contributed by atoms with van der Waals surface area (Å²) in [6.07, 6.45) is 3.33. The van der Waals surface area contributed by atoms with Crippen molar-refractivity contribution in [2.45, 2.75) is 32.2 Å². The Morgan fingerprint density at radius 2 is 2.00 bits per heavy atom. The van der Waals surface area contributed by atoms with E-state index in [0.717, 1.165) is 18.4 Å². The zero-order valence-electron chi connectivity index (χ0n) is 14.6. The zero-order valence-corrected chi connectivity index (χ0v) is 14.6. The van der Waals surface area contributed by atoms with Crippen LogP contribution in [0.25, 0.3) is 16.6 Å². The second-order valence-corrected chi connectivity index (χ2v) is 7.16. The topological polar surface area (TPSA) is 84.2 Å². The van der Waals surface area contributed by atoms with Gasteiger partial charge >= 0.3 is 0 Å². The lowest BCUT2D eigenvalue weighted by Crippen LogP contribution is -2.35. The summed E-state index contributed by atoms with van der Waals surface area (Å²) in [5, 5.41) is 13.0. The number of nitrogens with zero attached hydrogens (tertiary/aromatic N) is 2. The molecule has 4 rings (SSSR count). The molecule has 1 aliphatic carbocycles. The first-order chi connectivity index (χ1) is 12.4. The van der Waals surface area contributed by atoms with Crippen LogP contribution >= 0.6 is 0 Å². The van der Waals surface area contributed by atoms with Gasteiger partial charge in [0, 0.05) is 5.54 Å². The van der Waals surface area contributed by atoms with Gasteiger partial charge in [0.25, 0.3) is 11.5 Å². The third-order valence-corrected chi connectivity index (χ3v) is 4.81. The molecule has 1 fully saturated rings. The number of aromatic nitrogens is 2. The van der Waals surface area contributed by atoms with Gasteiger partial charge in [-0.2, -0.15) is 0 Å². The molecule has 6 nitrogen and oxygen atoms in total. The van der Waals surface area contributed by atoms with Crippen LogP contribution in [-0.2, 0) is 0 Å². The Kier molecular flexibility index (Phi) is 3.57. The van der Waals surface area contributed by atoms with Crippen molar-refractivity contribution in [3.05, 3.63) is 64.2 Å². The fraction of sp³-hybridized carbons (Fsp3) is 0.250. The van der Waals surface area contributed by atoms with Gasteiger partial charge in [0.1, 0.15) is 12.1 Å².